The molecule has 1 atom stereocenters. The van der Waals surface area contributed by atoms with Gasteiger partial charge in [-0.25, -0.2) is 4.79 Å². The minimum Gasteiger partial charge on any atom is -0.449 e. The molecule has 4 fully saturated rings. The molecule has 3 aliphatic heterocycles. The van der Waals surface area contributed by atoms with Gasteiger partial charge in [-0.05, 0) is 62.7 Å². The Morgan fingerprint density at radius 1 is 1.14 bits per heavy atom. The van der Waals surface area contributed by atoms with Crippen molar-refractivity contribution in [3.8, 4) is 0 Å². The number of hydrogen-bond acceptors (Lipinski definition) is 3. The van der Waals surface area contributed by atoms with E-state index < -0.39 is 0 Å². The summed E-state index contributed by atoms with van der Waals surface area (Å²) in [5.74, 6) is 1.21. The van der Waals surface area contributed by atoms with Crippen LogP contribution in [0, 0.1) is 11.8 Å². The number of carbonyl (C=O) groups is 1. The van der Waals surface area contributed by atoms with E-state index in [0.717, 1.165) is 12.2 Å². The Kier molecular flexibility index (Phi) is 3.78. The molecule has 5 rings (SSSR count). The molecule has 3 heterocycles. The zero-order valence-electron chi connectivity index (χ0n) is 13.0. The third kappa shape index (κ3) is 2.84. The van der Waals surface area contributed by atoms with E-state index in [2.05, 4.69) is 4.90 Å². The number of carbonyl (C=O) groups excluding carboxylic acids is 1. The van der Waals surface area contributed by atoms with E-state index >= 15 is 0 Å². The summed E-state index contributed by atoms with van der Waals surface area (Å²) in [6.45, 7) is 3.93. The fourth-order valence-corrected chi connectivity index (χ4v) is 3.79. The molecule has 1 aliphatic carbocycles. The molecule has 1 aromatic rings. The van der Waals surface area contributed by atoms with Crippen molar-refractivity contribution in [2.45, 2.75) is 31.7 Å². The topological polar surface area (TPSA) is 32.8 Å². The second-order valence-corrected chi connectivity index (χ2v) is 6.93. The molecule has 0 N–H and O–H groups in total. The summed E-state index contributed by atoms with van der Waals surface area (Å²) < 4.78 is 5.61. The van der Waals surface area contributed by atoms with Crippen molar-refractivity contribution in [3.63, 3.8) is 0 Å². The van der Waals surface area contributed by atoms with Gasteiger partial charge >= 0.3 is 6.09 Å². The van der Waals surface area contributed by atoms with Crippen molar-refractivity contribution in [2.24, 2.45) is 11.8 Å². The first-order valence-corrected chi connectivity index (χ1v) is 8.54. The zero-order valence-corrected chi connectivity index (χ0v) is 13.0. The summed E-state index contributed by atoms with van der Waals surface area (Å²) in [6, 6.07) is 10.3. The molecule has 2 bridgehead atoms. The third-order valence-electron chi connectivity index (χ3n) is 5.32. The van der Waals surface area contributed by atoms with Crippen molar-refractivity contribution in [2.75, 3.05) is 31.1 Å². The van der Waals surface area contributed by atoms with Crippen LogP contribution in [-0.2, 0) is 4.74 Å². The van der Waals surface area contributed by atoms with Crippen LogP contribution in [0.15, 0.2) is 30.3 Å². The lowest BCUT2D eigenvalue weighted by Gasteiger charge is -2.48. The molecular formula is C18H24N2O2. The smallest absolute Gasteiger partial charge is 0.414 e. The fraction of sp³-hybridized carbons (Fsp3) is 0.611. The van der Waals surface area contributed by atoms with Crippen LogP contribution in [0.5, 0.6) is 0 Å². The normalized spacial score (nSPS) is 30.1. The standard InChI is InChI=1S/C18H24N2O2/c21-18(22-13-14-6-7-14)20(16-4-2-1-3-5-16)17-12-19-10-8-15(17)9-11-19/h1-5,14-15,17H,6-13H2. The SMILES string of the molecule is O=C(OCC1CC1)N(c1ccccc1)C1CN2CCC1CC2. The van der Waals surface area contributed by atoms with Crippen LogP contribution in [0.2, 0.25) is 0 Å². The molecule has 22 heavy (non-hydrogen) atoms. The maximum Gasteiger partial charge on any atom is 0.414 e. The highest BCUT2D eigenvalue weighted by atomic mass is 16.6. The predicted octanol–water partition coefficient (Wildman–Crippen LogP) is 3.13. The first kappa shape index (κ1) is 14.1. The Morgan fingerprint density at radius 3 is 2.45 bits per heavy atom. The molecule has 4 nitrogen and oxygen atoms in total. The van der Waals surface area contributed by atoms with Gasteiger partial charge in [-0.15, -0.1) is 0 Å². The van der Waals surface area contributed by atoms with Crippen LogP contribution < -0.4 is 4.90 Å². The largest absolute Gasteiger partial charge is 0.449 e. The summed E-state index contributed by atoms with van der Waals surface area (Å²) in [4.78, 5) is 17.1. The van der Waals surface area contributed by atoms with Crippen LogP contribution >= 0.6 is 0 Å². The molecule has 4 aliphatic rings. The number of benzene rings is 1. The second kappa shape index (κ2) is 5.92. The number of anilines is 1. The third-order valence-corrected chi connectivity index (χ3v) is 5.32. The molecule has 118 valence electrons. The van der Waals surface area contributed by atoms with Crippen molar-refractivity contribution in [1.82, 2.24) is 4.90 Å². The Balaban J connectivity index is 1.55. The van der Waals surface area contributed by atoms with Crippen LogP contribution in [0.3, 0.4) is 0 Å². The summed E-state index contributed by atoms with van der Waals surface area (Å²) in [6.07, 6.45) is 4.65. The summed E-state index contributed by atoms with van der Waals surface area (Å²) >= 11 is 0. The van der Waals surface area contributed by atoms with Gasteiger partial charge in [-0.2, -0.15) is 0 Å². The summed E-state index contributed by atoms with van der Waals surface area (Å²) in [5, 5.41) is 0. The molecular weight excluding hydrogens is 276 g/mol. The number of hydrogen-bond donors (Lipinski definition) is 0. The van der Waals surface area contributed by atoms with Crippen LogP contribution in [-0.4, -0.2) is 43.3 Å². The first-order chi connectivity index (χ1) is 10.8. The van der Waals surface area contributed by atoms with E-state index in [1.165, 1.54) is 38.8 Å². The van der Waals surface area contributed by atoms with Crippen molar-refractivity contribution < 1.29 is 9.53 Å². The van der Waals surface area contributed by atoms with Gasteiger partial charge in [-0.3, -0.25) is 4.90 Å². The Hall–Kier alpha value is -1.55. The lowest BCUT2D eigenvalue weighted by Crippen LogP contribution is -2.59. The second-order valence-electron chi connectivity index (χ2n) is 6.93. The molecule has 1 unspecified atom stereocenters. The monoisotopic (exact) mass is 300 g/mol. The lowest BCUT2D eigenvalue weighted by molar-refractivity contribution is 0.0782. The highest BCUT2D eigenvalue weighted by Gasteiger charge is 2.40. The molecule has 1 aromatic carbocycles. The van der Waals surface area contributed by atoms with E-state index in [9.17, 15) is 4.79 Å². The number of rotatable bonds is 4. The number of piperidine rings is 3. The van der Waals surface area contributed by atoms with E-state index in [1.807, 2.05) is 35.2 Å². The number of nitrogens with zero attached hydrogens (tertiary/aromatic N) is 2. The first-order valence-electron chi connectivity index (χ1n) is 8.54. The molecule has 1 saturated carbocycles. The quantitative estimate of drug-likeness (QED) is 0.856. The van der Waals surface area contributed by atoms with E-state index in [0.29, 0.717) is 18.4 Å². The Morgan fingerprint density at radius 2 is 1.86 bits per heavy atom. The van der Waals surface area contributed by atoms with Crippen molar-refractivity contribution >= 4 is 11.8 Å². The Labute approximate surface area is 132 Å². The minimum atomic E-state index is -0.156. The van der Waals surface area contributed by atoms with Crippen LogP contribution in [0.4, 0.5) is 10.5 Å². The van der Waals surface area contributed by atoms with E-state index in [4.69, 9.17) is 4.74 Å². The van der Waals surface area contributed by atoms with Gasteiger partial charge in [-0.1, -0.05) is 18.2 Å². The van der Waals surface area contributed by atoms with Gasteiger partial charge in [0.1, 0.15) is 0 Å². The number of para-hydroxylation sites is 1. The molecule has 0 aromatic heterocycles. The maximum absolute atomic E-state index is 12.7. The molecule has 0 radical (unpaired) electrons. The van der Waals surface area contributed by atoms with Gasteiger partial charge in [0.05, 0.1) is 12.6 Å². The fourth-order valence-electron chi connectivity index (χ4n) is 3.79. The number of fused-ring (bicyclic) bond motifs is 3. The Bertz CT molecular complexity index is 521. The maximum atomic E-state index is 12.7. The van der Waals surface area contributed by atoms with Gasteiger partial charge in [0, 0.05) is 12.2 Å². The number of ether oxygens (including phenoxy) is 1. The average molecular weight is 300 g/mol. The van der Waals surface area contributed by atoms with Crippen molar-refractivity contribution in [3.05, 3.63) is 30.3 Å². The molecule has 4 heteroatoms. The van der Waals surface area contributed by atoms with Gasteiger partial charge in [0.2, 0.25) is 0 Å². The molecule has 0 spiro atoms. The minimum absolute atomic E-state index is 0.156. The highest BCUT2D eigenvalue weighted by molar-refractivity contribution is 5.88. The predicted molar refractivity (Wildman–Crippen MR) is 85.9 cm³/mol. The molecule has 3 saturated heterocycles. The van der Waals surface area contributed by atoms with Crippen LogP contribution in [0.1, 0.15) is 25.7 Å². The highest BCUT2D eigenvalue weighted by Crippen LogP contribution is 2.34. The van der Waals surface area contributed by atoms with Crippen molar-refractivity contribution in [1.29, 1.82) is 0 Å². The molecule has 1 amide bonds. The van der Waals surface area contributed by atoms with Gasteiger partial charge in [0.15, 0.2) is 0 Å². The average Bonchev–Trinajstić information content (AvgIpc) is 3.40. The lowest BCUT2D eigenvalue weighted by atomic mass is 9.83. The van der Waals surface area contributed by atoms with Crippen LogP contribution in [0.25, 0.3) is 0 Å². The number of amides is 1. The summed E-state index contributed by atoms with van der Waals surface area (Å²) in [7, 11) is 0. The zero-order chi connectivity index (χ0) is 14.9. The summed E-state index contributed by atoms with van der Waals surface area (Å²) in [5.41, 5.74) is 0.974. The van der Waals surface area contributed by atoms with E-state index in [-0.39, 0.29) is 12.1 Å². The van der Waals surface area contributed by atoms with Gasteiger partial charge in [0.25, 0.3) is 0 Å². The van der Waals surface area contributed by atoms with Gasteiger partial charge < -0.3 is 9.64 Å². The van der Waals surface area contributed by atoms with E-state index in [1.54, 1.807) is 0 Å².